The molecule has 1 heterocycles. The van der Waals surface area contributed by atoms with E-state index < -0.39 is 96.7 Å². The molecule has 49 heavy (non-hydrogen) atoms. The molecule has 1 nitrogen and oxygen atoms in total. The Bertz CT molecular complexity index is 3760. The molecule has 1 aromatic heterocycles. The number of hydrogen-bond acceptors (Lipinski definition) is 1. The van der Waals surface area contributed by atoms with Gasteiger partial charge in [-0.3, -0.25) is 0 Å². The van der Waals surface area contributed by atoms with Crippen molar-refractivity contribution in [2.24, 2.45) is 0 Å². The van der Waals surface area contributed by atoms with Crippen LogP contribution >= 0.6 is 0 Å². The van der Waals surface area contributed by atoms with Crippen molar-refractivity contribution in [1.82, 2.24) is 0 Å². The SMILES string of the molecule is [2H]c1c([2H])c([2H])c(-c2c3ccccc3c(-c3c([2H])c([2H])c4oc5c([2H])c6c([2H])c([2H])c([2H])c([2H])c6c([2H])c5c4c3[2H])c3ccccc23)c(-c2c([2H])c([2H])c(-c3ccccc3)c([2H])c2[2H])c1[2H]. The summed E-state index contributed by atoms with van der Waals surface area (Å²) in [5.41, 5.74) is -0.531. The molecule has 1 heteroatoms. The van der Waals surface area contributed by atoms with E-state index in [2.05, 4.69) is 0 Å². The molecular weight excluding hydrogens is 593 g/mol. The number of benzene rings is 9. The Kier molecular flexibility index (Phi) is 3.54. The van der Waals surface area contributed by atoms with Crippen molar-refractivity contribution in [3.63, 3.8) is 0 Å². The first-order chi connectivity index (χ1) is 31.4. The molecule has 0 fully saturated rings. The summed E-state index contributed by atoms with van der Waals surface area (Å²) < 4.78 is 160. The van der Waals surface area contributed by atoms with Crippen LogP contribution in [0.4, 0.5) is 0 Å². The van der Waals surface area contributed by atoms with Gasteiger partial charge < -0.3 is 4.42 Å². The Hall–Kier alpha value is -6.44. The van der Waals surface area contributed by atoms with Gasteiger partial charge in [0, 0.05) is 10.8 Å². The van der Waals surface area contributed by atoms with E-state index in [4.69, 9.17) is 16.8 Å². The summed E-state index contributed by atoms with van der Waals surface area (Å²) in [6.45, 7) is 0. The van der Waals surface area contributed by atoms with Gasteiger partial charge in [-0.15, -0.1) is 0 Å². The van der Waals surface area contributed by atoms with Crippen LogP contribution in [0.3, 0.4) is 0 Å². The van der Waals surface area contributed by atoms with Gasteiger partial charge in [0.2, 0.25) is 0 Å². The molecule has 0 aliphatic rings. The zero-order valence-corrected chi connectivity index (χ0v) is 25.4. The Labute approximate surface area is 308 Å². The average molecular weight is 640 g/mol. The maximum Gasteiger partial charge on any atom is 0.136 e. The van der Waals surface area contributed by atoms with Crippen LogP contribution in [0.2, 0.25) is 0 Å². The van der Waals surface area contributed by atoms with Gasteiger partial charge in [-0.05, 0) is 101 Å². The van der Waals surface area contributed by atoms with Gasteiger partial charge in [-0.1, -0.05) is 157 Å². The highest BCUT2D eigenvalue weighted by Crippen LogP contribution is 2.47. The molecule has 0 aliphatic heterocycles. The number of fused-ring (bicyclic) bond motifs is 6. The lowest BCUT2D eigenvalue weighted by Crippen LogP contribution is -1.92. The third kappa shape index (κ3) is 4.47. The van der Waals surface area contributed by atoms with Gasteiger partial charge in [-0.25, -0.2) is 0 Å². The fourth-order valence-corrected chi connectivity index (χ4v) is 6.53. The molecule has 0 saturated heterocycles. The normalized spacial score (nSPS) is 16.5. The first kappa shape index (κ1) is 15.6. The van der Waals surface area contributed by atoms with E-state index in [0.717, 1.165) is 0 Å². The third-order valence-corrected chi connectivity index (χ3v) is 8.69. The van der Waals surface area contributed by atoms with Gasteiger partial charge in [0.25, 0.3) is 0 Å². The van der Waals surface area contributed by atoms with Crippen molar-refractivity contribution in [1.29, 1.82) is 0 Å². The van der Waals surface area contributed by atoms with Crippen LogP contribution < -0.4 is 0 Å². The molecule has 0 saturated carbocycles. The zero-order chi connectivity index (χ0) is 47.1. The second kappa shape index (κ2) is 11.1. The molecule has 0 N–H and O–H groups in total. The van der Waals surface area contributed by atoms with Crippen molar-refractivity contribution in [2.75, 3.05) is 0 Å². The second-order valence-electron chi connectivity index (χ2n) is 11.5. The predicted molar refractivity (Wildman–Crippen MR) is 208 cm³/mol. The Morgan fingerprint density at radius 2 is 0.878 bits per heavy atom. The molecule has 0 radical (unpaired) electrons. The number of furan rings is 1. The highest BCUT2D eigenvalue weighted by molar-refractivity contribution is 6.23. The van der Waals surface area contributed by atoms with Gasteiger partial charge in [0.05, 0.1) is 23.3 Å². The minimum absolute atomic E-state index is 0.0135. The van der Waals surface area contributed by atoms with Crippen LogP contribution in [-0.4, -0.2) is 0 Å². The van der Waals surface area contributed by atoms with E-state index in [-0.39, 0.29) is 77.7 Å². The van der Waals surface area contributed by atoms with Crippen molar-refractivity contribution in [3.8, 4) is 44.5 Å². The molecule has 10 rings (SSSR count). The van der Waals surface area contributed by atoms with Crippen LogP contribution in [0.1, 0.15) is 23.3 Å². The lowest BCUT2D eigenvalue weighted by molar-refractivity contribution is 0.669. The van der Waals surface area contributed by atoms with Gasteiger partial charge >= 0.3 is 0 Å². The molecular formula is C48H30O. The lowest BCUT2D eigenvalue weighted by Gasteiger charge is -2.20. The molecule has 10 aromatic rings. The fourth-order valence-electron chi connectivity index (χ4n) is 6.53. The smallest absolute Gasteiger partial charge is 0.136 e. The number of hydrogen-bond donors (Lipinski definition) is 0. The Morgan fingerprint density at radius 3 is 1.57 bits per heavy atom. The van der Waals surface area contributed by atoms with E-state index in [1.165, 1.54) is 0 Å². The van der Waals surface area contributed by atoms with Gasteiger partial charge in [-0.2, -0.15) is 0 Å². The van der Waals surface area contributed by atoms with E-state index in [1.54, 1.807) is 78.9 Å². The molecule has 9 aromatic carbocycles. The Balaban J connectivity index is 1.36. The summed E-state index contributed by atoms with van der Waals surface area (Å²) in [5.74, 6) is 0. The van der Waals surface area contributed by atoms with E-state index in [0.29, 0.717) is 27.1 Å². The summed E-state index contributed by atoms with van der Waals surface area (Å²) in [4.78, 5) is 0. The molecule has 0 spiro atoms. The average Bonchev–Trinajstić information content (AvgIpc) is 3.74. The van der Waals surface area contributed by atoms with Crippen LogP contribution in [0.25, 0.3) is 98.8 Å². The van der Waals surface area contributed by atoms with Crippen molar-refractivity contribution in [2.45, 2.75) is 0 Å². The lowest BCUT2D eigenvalue weighted by atomic mass is 9.83. The summed E-state index contributed by atoms with van der Waals surface area (Å²) in [6, 6.07) is 12.9. The maximum absolute atomic E-state index is 9.82. The first-order valence-corrected chi connectivity index (χ1v) is 15.5. The van der Waals surface area contributed by atoms with Gasteiger partial charge in [0.1, 0.15) is 11.2 Å². The Morgan fingerprint density at radius 1 is 0.347 bits per heavy atom. The topological polar surface area (TPSA) is 13.1 Å². The fraction of sp³-hybridized carbons (Fsp3) is 0. The first-order valence-electron chi connectivity index (χ1n) is 24.0. The summed E-state index contributed by atoms with van der Waals surface area (Å²) in [6.07, 6.45) is 0. The van der Waals surface area contributed by atoms with Crippen molar-refractivity contribution < 1.29 is 27.7 Å². The molecule has 0 bridgehead atoms. The van der Waals surface area contributed by atoms with Crippen LogP contribution in [0.15, 0.2) is 186 Å². The largest absolute Gasteiger partial charge is 0.456 e. The summed E-state index contributed by atoms with van der Waals surface area (Å²) in [7, 11) is 0. The number of rotatable bonds is 4. The molecule has 228 valence electrons. The minimum Gasteiger partial charge on any atom is -0.456 e. The zero-order valence-electron chi connectivity index (χ0n) is 42.4. The third-order valence-electron chi connectivity index (χ3n) is 8.69. The molecule has 0 atom stereocenters. The van der Waals surface area contributed by atoms with Gasteiger partial charge in [0.15, 0.2) is 0 Å². The standard InChI is InChI=1S/C48H30O/c1-2-12-31(13-3-1)32-22-24-33(25-23-32)37-16-6-7-17-38(37)48-41-20-10-8-18-39(41)47(40-19-9-11-21-42(40)48)36-26-27-45-43(29-36)44-28-34-14-4-5-15-35(34)30-46(44)49-45/h1-30H/i4D,5D,6D,7D,14D,15D,16D,17D,22D,23D,24D,25D,26D,27D,28D,29D,30D. The van der Waals surface area contributed by atoms with E-state index >= 15 is 0 Å². The minimum atomic E-state index is -0.665. The summed E-state index contributed by atoms with van der Waals surface area (Å²) in [5, 5.41) is 0.554. The molecule has 0 unspecified atom stereocenters. The molecule has 0 aliphatic carbocycles. The maximum atomic E-state index is 9.82. The monoisotopic (exact) mass is 639 g/mol. The van der Waals surface area contributed by atoms with E-state index in [1.807, 2.05) is 0 Å². The van der Waals surface area contributed by atoms with E-state index in [9.17, 15) is 11.0 Å². The summed E-state index contributed by atoms with van der Waals surface area (Å²) >= 11 is 0. The van der Waals surface area contributed by atoms with Crippen LogP contribution in [0, 0.1) is 0 Å². The van der Waals surface area contributed by atoms with Crippen LogP contribution in [-0.2, 0) is 0 Å². The quantitative estimate of drug-likeness (QED) is 0.175. The van der Waals surface area contributed by atoms with Crippen LogP contribution in [0.5, 0.6) is 0 Å². The second-order valence-corrected chi connectivity index (χ2v) is 11.5. The highest BCUT2D eigenvalue weighted by atomic mass is 16.3. The van der Waals surface area contributed by atoms with Crippen molar-refractivity contribution >= 4 is 54.3 Å². The highest BCUT2D eigenvalue weighted by Gasteiger charge is 2.20. The molecule has 0 amide bonds. The van der Waals surface area contributed by atoms with Crippen molar-refractivity contribution in [3.05, 3.63) is 182 Å². The predicted octanol–water partition coefficient (Wildman–Crippen LogP) is 13.7.